The van der Waals surface area contributed by atoms with Crippen molar-refractivity contribution in [3.05, 3.63) is 45.0 Å². The highest BCUT2D eigenvalue weighted by Crippen LogP contribution is 2.09. The molecule has 178 valence electrons. The van der Waals surface area contributed by atoms with Crippen LogP contribution in [0.25, 0.3) is 0 Å². The summed E-state index contributed by atoms with van der Waals surface area (Å²) in [5.41, 5.74) is 0.409. The summed E-state index contributed by atoms with van der Waals surface area (Å²) < 4.78 is 0. The maximum absolute atomic E-state index is 11.8. The molecule has 2 unspecified atom stereocenters. The molecule has 0 aromatic rings. The highest BCUT2D eigenvalue weighted by Gasteiger charge is 2.27. The van der Waals surface area contributed by atoms with Crippen LogP contribution in [0, 0.1) is 20.2 Å². The van der Waals surface area contributed by atoms with E-state index in [4.69, 9.17) is 0 Å². The third-order valence-electron chi connectivity index (χ3n) is 4.68. The maximum Gasteiger partial charge on any atom is 0.249 e. The van der Waals surface area contributed by atoms with Crippen LogP contribution in [0.15, 0.2) is 24.8 Å². The molecule has 0 radical (unpaired) electrons. The smallest absolute Gasteiger partial charge is 0.249 e. The number of rotatable bonds is 12. The van der Waals surface area contributed by atoms with E-state index < -0.39 is 12.1 Å². The van der Waals surface area contributed by atoms with E-state index in [1.54, 1.807) is 20.8 Å². The van der Waals surface area contributed by atoms with Gasteiger partial charge in [-0.3, -0.25) is 29.8 Å². The van der Waals surface area contributed by atoms with Crippen molar-refractivity contribution < 1.29 is 19.4 Å². The van der Waals surface area contributed by atoms with Crippen molar-refractivity contribution in [2.45, 2.75) is 85.5 Å². The fraction of sp³-hybridized carbons (Fsp3) is 0.714. The van der Waals surface area contributed by atoms with Crippen LogP contribution in [0.3, 0.4) is 0 Å². The second-order valence-electron chi connectivity index (χ2n) is 7.81. The number of nitro groups is 2. The van der Waals surface area contributed by atoms with E-state index in [-0.39, 0.29) is 46.8 Å². The lowest BCUT2D eigenvalue weighted by molar-refractivity contribution is -0.523. The molecule has 0 aliphatic rings. The van der Waals surface area contributed by atoms with Gasteiger partial charge in [0, 0.05) is 40.3 Å². The normalized spacial score (nSPS) is 12.3. The Morgan fingerprint density at radius 2 is 1.26 bits per heavy atom. The first-order valence-corrected chi connectivity index (χ1v) is 10.4. The third-order valence-corrected chi connectivity index (χ3v) is 4.68. The van der Waals surface area contributed by atoms with E-state index in [0.717, 1.165) is 0 Å². The quantitative estimate of drug-likeness (QED) is 0.259. The Hall–Kier alpha value is -2.78. The molecule has 0 saturated carbocycles. The van der Waals surface area contributed by atoms with Gasteiger partial charge in [0.15, 0.2) is 0 Å². The lowest BCUT2D eigenvalue weighted by atomic mass is 10.1. The second kappa shape index (κ2) is 15.1. The van der Waals surface area contributed by atoms with Gasteiger partial charge in [-0.05, 0) is 40.7 Å². The molecule has 0 spiro atoms. The molecule has 0 saturated heterocycles. The van der Waals surface area contributed by atoms with Gasteiger partial charge in [-0.2, -0.15) is 0 Å². The Labute approximate surface area is 185 Å². The van der Waals surface area contributed by atoms with Gasteiger partial charge in [0.2, 0.25) is 23.9 Å². The number of carbonyl (C=O) groups excluding carboxylic acids is 2. The molecule has 10 heteroatoms. The van der Waals surface area contributed by atoms with E-state index in [1.807, 2.05) is 27.7 Å². The molecule has 0 aromatic heterocycles. The SMILES string of the molecule is C=C(C)C(=O)N(CC(CC)[N+](=O)[O-])C(C)C.C=CC(=O)N(CC(CC)[N+](=O)[O-])C(C)C. The first-order chi connectivity index (χ1) is 14.2. The zero-order valence-corrected chi connectivity index (χ0v) is 19.9. The van der Waals surface area contributed by atoms with Gasteiger partial charge < -0.3 is 9.80 Å². The van der Waals surface area contributed by atoms with Crippen LogP contribution in [0.5, 0.6) is 0 Å². The monoisotopic (exact) mass is 442 g/mol. The molecular formula is C21H38N4O6. The molecular weight excluding hydrogens is 404 g/mol. The number of carbonyl (C=O) groups is 2. The first-order valence-electron chi connectivity index (χ1n) is 10.4. The van der Waals surface area contributed by atoms with Gasteiger partial charge in [-0.25, -0.2) is 0 Å². The summed E-state index contributed by atoms with van der Waals surface area (Å²) in [6.45, 7) is 19.7. The van der Waals surface area contributed by atoms with Gasteiger partial charge >= 0.3 is 0 Å². The minimum absolute atomic E-state index is 0.0514. The van der Waals surface area contributed by atoms with Crippen LogP contribution >= 0.6 is 0 Å². The zero-order chi connectivity index (χ0) is 24.9. The molecule has 0 N–H and O–H groups in total. The van der Waals surface area contributed by atoms with E-state index in [9.17, 15) is 29.8 Å². The van der Waals surface area contributed by atoms with Gasteiger partial charge in [0.05, 0.1) is 13.1 Å². The Bertz CT molecular complexity index is 648. The summed E-state index contributed by atoms with van der Waals surface area (Å²) in [6, 6.07) is -1.51. The Balaban J connectivity index is 0. The first kappa shape index (κ1) is 30.4. The van der Waals surface area contributed by atoms with Crippen molar-refractivity contribution in [2.75, 3.05) is 13.1 Å². The van der Waals surface area contributed by atoms with E-state index in [1.165, 1.54) is 15.9 Å². The van der Waals surface area contributed by atoms with Crippen LogP contribution in [-0.4, -0.2) is 68.7 Å². The Morgan fingerprint density at radius 3 is 1.48 bits per heavy atom. The summed E-state index contributed by atoms with van der Waals surface area (Å²) in [5.74, 6) is -0.472. The van der Waals surface area contributed by atoms with Crippen LogP contribution in [0.2, 0.25) is 0 Å². The molecule has 0 aliphatic carbocycles. The van der Waals surface area contributed by atoms with Gasteiger partial charge in [-0.15, -0.1) is 0 Å². The Kier molecular flexibility index (Phi) is 14.8. The highest BCUT2D eigenvalue weighted by molar-refractivity contribution is 5.92. The highest BCUT2D eigenvalue weighted by atomic mass is 16.6. The molecule has 31 heavy (non-hydrogen) atoms. The number of amides is 2. The molecule has 0 aliphatic heterocycles. The summed E-state index contributed by atoms with van der Waals surface area (Å²) in [7, 11) is 0. The third kappa shape index (κ3) is 11.3. The Morgan fingerprint density at radius 1 is 0.903 bits per heavy atom. The van der Waals surface area contributed by atoms with Crippen molar-refractivity contribution in [3.63, 3.8) is 0 Å². The lowest BCUT2D eigenvalue weighted by Crippen LogP contribution is -2.44. The molecule has 0 aromatic carbocycles. The summed E-state index contributed by atoms with van der Waals surface area (Å²) in [5, 5.41) is 21.4. The largest absolute Gasteiger partial charge is 0.330 e. The minimum Gasteiger partial charge on any atom is -0.330 e. The maximum atomic E-state index is 11.8. The topological polar surface area (TPSA) is 127 Å². The minimum atomic E-state index is -0.703. The molecule has 2 atom stereocenters. The van der Waals surface area contributed by atoms with Gasteiger partial charge in [0.1, 0.15) is 0 Å². The van der Waals surface area contributed by atoms with Crippen molar-refractivity contribution >= 4 is 11.8 Å². The predicted octanol–water partition coefficient (Wildman–Crippen LogP) is 3.32. The predicted molar refractivity (Wildman–Crippen MR) is 121 cm³/mol. The average Bonchev–Trinajstić information content (AvgIpc) is 2.67. The average molecular weight is 443 g/mol. The fourth-order valence-corrected chi connectivity index (χ4v) is 2.59. The van der Waals surface area contributed by atoms with Crippen molar-refractivity contribution in [3.8, 4) is 0 Å². The van der Waals surface area contributed by atoms with Crippen LogP contribution in [0.4, 0.5) is 0 Å². The molecule has 0 rings (SSSR count). The summed E-state index contributed by atoms with van der Waals surface area (Å²) in [6.07, 6.45) is 2.02. The van der Waals surface area contributed by atoms with E-state index in [0.29, 0.717) is 18.4 Å². The molecule has 0 fully saturated rings. The van der Waals surface area contributed by atoms with Crippen LogP contribution in [0.1, 0.15) is 61.3 Å². The van der Waals surface area contributed by atoms with Crippen molar-refractivity contribution in [1.82, 2.24) is 9.80 Å². The second-order valence-corrected chi connectivity index (χ2v) is 7.81. The summed E-state index contributed by atoms with van der Waals surface area (Å²) >= 11 is 0. The molecule has 10 nitrogen and oxygen atoms in total. The lowest BCUT2D eigenvalue weighted by Gasteiger charge is -2.27. The standard InChI is InChI=1S/C11H20N2O3.C10H18N2O3/c1-6-10(13(15)16)7-12(9(4)5)11(14)8(2)3;1-5-9(12(14)15)7-11(8(3)4)10(13)6-2/h9-10H,2,6-7H2,1,3-5H3;6,8-9H,2,5,7H2,1,3-4H3. The van der Waals surface area contributed by atoms with Gasteiger partial charge in [0.25, 0.3) is 0 Å². The fourth-order valence-electron chi connectivity index (χ4n) is 2.59. The number of hydrogen-bond donors (Lipinski definition) is 0. The molecule has 0 bridgehead atoms. The van der Waals surface area contributed by atoms with Gasteiger partial charge in [-0.1, -0.05) is 27.0 Å². The van der Waals surface area contributed by atoms with E-state index in [2.05, 4.69) is 13.2 Å². The molecule has 2 amide bonds. The zero-order valence-electron chi connectivity index (χ0n) is 19.9. The number of hydrogen-bond acceptors (Lipinski definition) is 6. The van der Waals surface area contributed by atoms with E-state index >= 15 is 0 Å². The summed E-state index contributed by atoms with van der Waals surface area (Å²) in [4.78, 5) is 46.8. The van der Waals surface area contributed by atoms with Crippen LogP contribution in [-0.2, 0) is 9.59 Å². The van der Waals surface area contributed by atoms with Crippen molar-refractivity contribution in [1.29, 1.82) is 0 Å². The van der Waals surface area contributed by atoms with Crippen molar-refractivity contribution in [2.24, 2.45) is 0 Å². The number of nitrogens with zero attached hydrogens (tertiary/aromatic N) is 4. The van der Waals surface area contributed by atoms with Crippen LogP contribution < -0.4 is 0 Å². The molecule has 0 heterocycles.